The van der Waals surface area contributed by atoms with E-state index in [1.165, 1.54) is 0 Å². The number of piperazine rings is 1. The van der Waals surface area contributed by atoms with Crippen LogP contribution in [0.4, 0.5) is 11.4 Å². The molecule has 128 valence electrons. The maximum Gasteiger partial charge on any atom is 0.311 e. The lowest BCUT2D eigenvalue weighted by molar-refractivity contribution is -0.134. The van der Waals surface area contributed by atoms with Crippen molar-refractivity contribution in [2.24, 2.45) is 0 Å². The van der Waals surface area contributed by atoms with Crippen molar-refractivity contribution in [2.45, 2.75) is 33.2 Å². The van der Waals surface area contributed by atoms with Crippen molar-refractivity contribution >= 4 is 35.7 Å². The van der Waals surface area contributed by atoms with Crippen LogP contribution in [0.5, 0.6) is 5.75 Å². The molecule has 2 rings (SSSR count). The van der Waals surface area contributed by atoms with E-state index in [9.17, 15) is 9.59 Å². The molecule has 23 heavy (non-hydrogen) atoms. The maximum atomic E-state index is 12.4. The Morgan fingerprint density at radius 1 is 1.35 bits per heavy atom. The van der Waals surface area contributed by atoms with Crippen molar-refractivity contribution in [3.05, 3.63) is 18.2 Å². The third-order valence-electron chi connectivity index (χ3n) is 3.80. The predicted molar refractivity (Wildman–Crippen MR) is 93.1 cm³/mol. The van der Waals surface area contributed by atoms with Gasteiger partial charge in [0.1, 0.15) is 0 Å². The monoisotopic (exact) mass is 341 g/mol. The molecule has 0 radical (unpaired) electrons. The molecule has 0 bridgehead atoms. The number of nitrogen functional groups attached to an aromatic ring is 1. The smallest absolute Gasteiger partial charge is 0.311 e. The van der Waals surface area contributed by atoms with Gasteiger partial charge < -0.3 is 15.4 Å². The summed E-state index contributed by atoms with van der Waals surface area (Å²) in [4.78, 5) is 27.8. The molecule has 0 atom stereocenters. The Labute approximate surface area is 143 Å². The number of ether oxygens (including phenoxy) is 1. The van der Waals surface area contributed by atoms with Gasteiger partial charge in [-0.2, -0.15) is 0 Å². The first kappa shape index (κ1) is 19.3. The summed E-state index contributed by atoms with van der Waals surface area (Å²) in [6.07, 6.45) is 0.253. The number of hydrogen-bond donors (Lipinski definition) is 1. The van der Waals surface area contributed by atoms with Crippen LogP contribution in [0.3, 0.4) is 0 Å². The average Bonchev–Trinajstić information content (AvgIpc) is 2.49. The van der Waals surface area contributed by atoms with E-state index < -0.39 is 0 Å². The molecule has 0 spiro atoms. The van der Waals surface area contributed by atoms with E-state index in [2.05, 4.69) is 18.7 Å². The first-order valence-electron chi connectivity index (χ1n) is 7.57. The third-order valence-corrected chi connectivity index (χ3v) is 3.80. The average molecular weight is 342 g/mol. The van der Waals surface area contributed by atoms with Crippen LogP contribution in [0.25, 0.3) is 0 Å². The van der Waals surface area contributed by atoms with Crippen LogP contribution < -0.4 is 15.4 Å². The van der Waals surface area contributed by atoms with Crippen LogP contribution in [0.1, 0.15) is 27.2 Å². The minimum absolute atomic E-state index is 0. The quantitative estimate of drug-likeness (QED) is 0.515. The highest BCUT2D eigenvalue weighted by atomic mass is 35.5. The Hall–Kier alpha value is -1.79. The van der Waals surface area contributed by atoms with Crippen LogP contribution >= 0.6 is 12.4 Å². The van der Waals surface area contributed by atoms with Gasteiger partial charge in [0, 0.05) is 25.6 Å². The standard InChI is InChI=1S/C16H23N3O3.ClH/c1-4-15(21)22-16-12(17)6-5-7-13(16)19-9-8-18(11(2)3)10-14(19)20;/h5-7,11H,4,8-10,17H2,1-3H3;1H. The summed E-state index contributed by atoms with van der Waals surface area (Å²) >= 11 is 0. The maximum absolute atomic E-state index is 12.4. The molecule has 0 unspecified atom stereocenters. The number of carbonyl (C=O) groups is 2. The van der Waals surface area contributed by atoms with Crippen molar-refractivity contribution in [3.8, 4) is 5.75 Å². The van der Waals surface area contributed by atoms with Crippen LogP contribution in [0.15, 0.2) is 18.2 Å². The fourth-order valence-corrected chi connectivity index (χ4v) is 2.44. The molecule has 1 amide bonds. The molecule has 0 aromatic heterocycles. The molecule has 1 aliphatic rings. The van der Waals surface area contributed by atoms with Crippen LogP contribution in [0, 0.1) is 0 Å². The largest absolute Gasteiger partial charge is 0.422 e. The highest BCUT2D eigenvalue weighted by Gasteiger charge is 2.29. The Balaban J connectivity index is 0.00000264. The van der Waals surface area contributed by atoms with Gasteiger partial charge in [-0.3, -0.25) is 14.5 Å². The fourth-order valence-electron chi connectivity index (χ4n) is 2.44. The van der Waals surface area contributed by atoms with Gasteiger partial charge in [0.25, 0.3) is 0 Å². The van der Waals surface area contributed by atoms with E-state index in [1.807, 2.05) is 0 Å². The lowest BCUT2D eigenvalue weighted by atomic mass is 10.2. The summed E-state index contributed by atoms with van der Waals surface area (Å²) < 4.78 is 5.33. The van der Waals surface area contributed by atoms with E-state index in [0.717, 1.165) is 6.54 Å². The molecule has 1 fully saturated rings. The molecule has 1 heterocycles. The summed E-state index contributed by atoms with van der Waals surface area (Å²) in [7, 11) is 0. The minimum Gasteiger partial charge on any atom is -0.422 e. The third kappa shape index (κ3) is 4.36. The number of anilines is 2. The van der Waals surface area contributed by atoms with E-state index in [1.54, 1.807) is 30.0 Å². The van der Waals surface area contributed by atoms with Crippen molar-refractivity contribution in [1.82, 2.24) is 4.90 Å². The number of carbonyl (C=O) groups excluding carboxylic acids is 2. The van der Waals surface area contributed by atoms with E-state index in [4.69, 9.17) is 10.5 Å². The van der Waals surface area contributed by atoms with Gasteiger partial charge in [0.05, 0.1) is 17.9 Å². The van der Waals surface area contributed by atoms with E-state index in [0.29, 0.717) is 30.5 Å². The highest BCUT2D eigenvalue weighted by Crippen LogP contribution is 2.35. The van der Waals surface area contributed by atoms with Gasteiger partial charge in [-0.25, -0.2) is 0 Å². The van der Waals surface area contributed by atoms with Gasteiger partial charge in [-0.1, -0.05) is 13.0 Å². The number of halogens is 1. The second kappa shape index (κ2) is 8.17. The second-order valence-electron chi connectivity index (χ2n) is 5.63. The Morgan fingerprint density at radius 2 is 2.04 bits per heavy atom. The topological polar surface area (TPSA) is 75.9 Å². The number of benzene rings is 1. The molecular weight excluding hydrogens is 318 g/mol. The summed E-state index contributed by atoms with van der Waals surface area (Å²) in [6, 6.07) is 5.51. The van der Waals surface area contributed by atoms with Crippen LogP contribution in [-0.4, -0.2) is 42.5 Å². The zero-order valence-corrected chi connectivity index (χ0v) is 14.6. The fraction of sp³-hybridized carbons (Fsp3) is 0.500. The van der Waals surface area contributed by atoms with Gasteiger partial charge in [0.2, 0.25) is 5.91 Å². The lowest BCUT2D eigenvalue weighted by Crippen LogP contribution is -2.52. The molecular formula is C16H24ClN3O3. The zero-order chi connectivity index (χ0) is 16.3. The van der Waals surface area contributed by atoms with Crippen LogP contribution in [-0.2, 0) is 9.59 Å². The number of hydrogen-bond acceptors (Lipinski definition) is 5. The van der Waals surface area contributed by atoms with Crippen LogP contribution in [0.2, 0.25) is 0 Å². The summed E-state index contributed by atoms with van der Waals surface area (Å²) in [5, 5.41) is 0. The molecule has 7 heteroatoms. The molecule has 1 aromatic rings. The van der Waals surface area contributed by atoms with Crippen molar-refractivity contribution in [1.29, 1.82) is 0 Å². The number of rotatable bonds is 4. The Bertz CT molecular complexity index is 578. The van der Waals surface area contributed by atoms with Gasteiger partial charge >= 0.3 is 5.97 Å². The molecule has 1 aromatic carbocycles. The van der Waals surface area contributed by atoms with Gasteiger partial charge in [-0.05, 0) is 26.0 Å². The normalized spacial score (nSPS) is 15.5. The summed E-state index contributed by atoms with van der Waals surface area (Å²) in [5.74, 6) is -0.104. The van der Waals surface area contributed by atoms with E-state index in [-0.39, 0.29) is 36.5 Å². The number of esters is 1. The highest BCUT2D eigenvalue weighted by molar-refractivity contribution is 5.98. The number of amides is 1. The number of nitrogens with zero attached hydrogens (tertiary/aromatic N) is 2. The molecule has 0 saturated carbocycles. The van der Waals surface area contributed by atoms with Crippen molar-refractivity contribution in [3.63, 3.8) is 0 Å². The molecule has 6 nitrogen and oxygen atoms in total. The second-order valence-corrected chi connectivity index (χ2v) is 5.63. The molecule has 0 aliphatic carbocycles. The Morgan fingerprint density at radius 3 is 2.61 bits per heavy atom. The van der Waals surface area contributed by atoms with Crippen molar-refractivity contribution in [2.75, 3.05) is 30.3 Å². The SMILES string of the molecule is CCC(=O)Oc1c(N)cccc1N1CCN(C(C)C)CC1=O.Cl. The predicted octanol–water partition coefficient (Wildman–Crippen LogP) is 2.06. The van der Waals surface area contributed by atoms with Crippen molar-refractivity contribution < 1.29 is 14.3 Å². The Kier molecular flexibility index (Phi) is 6.84. The minimum atomic E-state index is -0.368. The lowest BCUT2D eigenvalue weighted by Gasteiger charge is -2.36. The molecule has 1 aliphatic heterocycles. The molecule has 1 saturated heterocycles. The summed E-state index contributed by atoms with van der Waals surface area (Å²) in [6.45, 7) is 7.54. The molecule has 2 N–H and O–H groups in total. The van der Waals surface area contributed by atoms with E-state index >= 15 is 0 Å². The first-order chi connectivity index (χ1) is 10.4. The van der Waals surface area contributed by atoms with Gasteiger partial charge in [-0.15, -0.1) is 12.4 Å². The first-order valence-corrected chi connectivity index (χ1v) is 7.57. The summed E-state index contributed by atoms with van der Waals surface area (Å²) in [5.41, 5.74) is 6.85. The number of nitrogens with two attached hydrogens (primary N) is 1. The number of para-hydroxylation sites is 1. The van der Waals surface area contributed by atoms with Gasteiger partial charge in [0.15, 0.2) is 5.75 Å². The zero-order valence-electron chi connectivity index (χ0n) is 13.7.